The molecule has 1 N–H and O–H groups in total. The van der Waals surface area contributed by atoms with Crippen LogP contribution in [0.15, 0.2) is 24.3 Å². The van der Waals surface area contributed by atoms with E-state index in [2.05, 4.69) is 43.4 Å². The summed E-state index contributed by atoms with van der Waals surface area (Å²) in [6.07, 6.45) is 0. The van der Waals surface area contributed by atoms with Crippen molar-refractivity contribution in [3.05, 3.63) is 29.8 Å². The van der Waals surface area contributed by atoms with E-state index in [-0.39, 0.29) is 0 Å². The van der Waals surface area contributed by atoms with Crippen molar-refractivity contribution in [2.75, 3.05) is 25.1 Å². The number of anilines is 1. The molecule has 0 aromatic heterocycles. The summed E-state index contributed by atoms with van der Waals surface area (Å²) >= 11 is 0. The number of hydrogen-bond acceptors (Lipinski definition) is 2. The minimum Gasteiger partial charge on any atom is -0.382 e. The Labute approximate surface area is 92.6 Å². The molecule has 2 nitrogen and oxygen atoms in total. The molecular formula is C13H21NO. The van der Waals surface area contributed by atoms with E-state index in [4.69, 9.17) is 4.74 Å². The molecule has 0 aliphatic carbocycles. The second kappa shape index (κ2) is 6.46. The third-order valence-corrected chi connectivity index (χ3v) is 2.35. The molecule has 2 heteroatoms. The van der Waals surface area contributed by atoms with Gasteiger partial charge in [-0.2, -0.15) is 0 Å². The van der Waals surface area contributed by atoms with Gasteiger partial charge in [0.1, 0.15) is 0 Å². The number of ether oxygens (including phenoxy) is 1. The maximum Gasteiger partial charge on any atom is 0.0638 e. The van der Waals surface area contributed by atoms with E-state index in [1.54, 1.807) is 0 Å². The lowest BCUT2D eigenvalue weighted by Gasteiger charge is -2.14. The first-order valence-corrected chi connectivity index (χ1v) is 5.66. The average Bonchev–Trinajstić information content (AvgIpc) is 2.25. The van der Waals surface area contributed by atoms with Crippen LogP contribution in [0.2, 0.25) is 0 Å². The van der Waals surface area contributed by atoms with Gasteiger partial charge in [0.25, 0.3) is 0 Å². The Hall–Kier alpha value is -1.02. The Kier molecular flexibility index (Phi) is 5.19. The monoisotopic (exact) mass is 207 g/mol. The fourth-order valence-corrected chi connectivity index (χ4v) is 1.56. The zero-order valence-electron chi connectivity index (χ0n) is 9.92. The van der Waals surface area contributed by atoms with Crippen molar-refractivity contribution < 1.29 is 4.74 Å². The summed E-state index contributed by atoms with van der Waals surface area (Å²) in [6, 6.07) is 8.45. The maximum absolute atomic E-state index is 5.29. The highest BCUT2D eigenvalue weighted by Gasteiger charge is 2.04. The molecule has 1 aromatic carbocycles. The molecule has 15 heavy (non-hydrogen) atoms. The fourth-order valence-electron chi connectivity index (χ4n) is 1.56. The van der Waals surface area contributed by atoms with E-state index in [0.717, 1.165) is 19.8 Å². The maximum atomic E-state index is 5.29. The number of rotatable bonds is 6. The van der Waals surface area contributed by atoms with E-state index in [0.29, 0.717) is 5.92 Å². The number of nitrogens with one attached hydrogen (secondary N) is 1. The summed E-state index contributed by atoms with van der Waals surface area (Å²) in [6.45, 7) is 8.86. The molecule has 0 radical (unpaired) electrons. The van der Waals surface area contributed by atoms with Crippen LogP contribution in [-0.2, 0) is 4.74 Å². The Morgan fingerprint density at radius 2 is 2.00 bits per heavy atom. The highest BCUT2D eigenvalue weighted by atomic mass is 16.5. The lowest BCUT2D eigenvalue weighted by Crippen LogP contribution is -2.10. The standard InChI is InChI=1S/C13H21NO/c1-4-15-10-9-14-13-8-6-5-7-12(13)11(2)3/h5-8,11,14H,4,9-10H2,1-3H3. The Morgan fingerprint density at radius 1 is 1.27 bits per heavy atom. The first kappa shape index (κ1) is 12.1. The molecule has 1 aromatic rings. The molecule has 0 atom stereocenters. The van der Waals surface area contributed by atoms with Crippen molar-refractivity contribution in [2.45, 2.75) is 26.7 Å². The van der Waals surface area contributed by atoms with E-state index in [1.807, 2.05) is 6.92 Å². The van der Waals surface area contributed by atoms with Gasteiger partial charge < -0.3 is 10.1 Å². The summed E-state index contributed by atoms with van der Waals surface area (Å²) in [5.74, 6) is 0.556. The largest absolute Gasteiger partial charge is 0.382 e. The van der Waals surface area contributed by atoms with Crippen LogP contribution < -0.4 is 5.32 Å². The number of para-hydroxylation sites is 1. The van der Waals surface area contributed by atoms with Crippen molar-refractivity contribution in [1.29, 1.82) is 0 Å². The summed E-state index contributed by atoms with van der Waals surface area (Å²) in [4.78, 5) is 0. The summed E-state index contributed by atoms with van der Waals surface area (Å²) < 4.78 is 5.29. The Bertz CT molecular complexity index is 284. The average molecular weight is 207 g/mol. The van der Waals surface area contributed by atoms with Crippen LogP contribution in [0.3, 0.4) is 0 Å². The minimum absolute atomic E-state index is 0.556. The lowest BCUT2D eigenvalue weighted by molar-refractivity contribution is 0.158. The predicted molar refractivity (Wildman–Crippen MR) is 65.5 cm³/mol. The zero-order valence-corrected chi connectivity index (χ0v) is 9.92. The Morgan fingerprint density at radius 3 is 2.67 bits per heavy atom. The second-order valence-corrected chi connectivity index (χ2v) is 3.87. The molecule has 0 bridgehead atoms. The number of benzene rings is 1. The second-order valence-electron chi connectivity index (χ2n) is 3.87. The van der Waals surface area contributed by atoms with Crippen LogP contribution in [0, 0.1) is 0 Å². The molecule has 0 amide bonds. The van der Waals surface area contributed by atoms with Crippen molar-refractivity contribution in [2.24, 2.45) is 0 Å². The van der Waals surface area contributed by atoms with Gasteiger partial charge in [0.2, 0.25) is 0 Å². The molecule has 0 saturated heterocycles. The predicted octanol–water partition coefficient (Wildman–Crippen LogP) is 3.26. The van der Waals surface area contributed by atoms with Gasteiger partial charge in [-0.1, -0.05) is 32.0 Å². The van der Waals surface area contributed by atoms with Crippen molar-refractivity contribution in [1.82, 2.24) is 0 Å². The lowest BCUT2D eigenvalue weighted by atomic mass is 10.0. The first-order chi connectivity index (χ1) is 7.25. The van der Waals surface area contributed by atoms with Crippen LogP contribution in [0.1, 0.15) is 32.3 Å². The normalized spacial score (nSPS) is 10.7. The SMILES string of the molecule is CCOCCNc1ccccc1C(C)C. The van der Waals surface area contributed by atoms with E-state index in [9.17, 15) is 0 Å². The molecule has 0 unspecified atom stereocenters. The molecule has 0 aliphatic heterocycles. The minimum atomic E-state index is 0.556. The molecule has 0 aliphatic rings. The smallest absolute Gasteiger partial charge is 0.0638 e. The third-order valence-electron chi connectivity index (χ3n) is 2.35. The van der Waals surface area contributed by atoms with Crippen LogP contribution >= 0.6 is 0 Å². The van der Waals surface area contributed by atoms with Gasteiger partial charge in [0.05, 0.1) is 6.61 Å². The van der Waals surface area contributed by atoms with Crippen molar-refractivity contribution in [3.8, 4) is 0 Å². The van der Waals surface area contributed by atoms with Crippen LogP contribution in [0.5, 0.6) is 0 Å². The van der Waals surface area contributed by atoms with Gasteiger partial charge in [-0.3, -0.25) is 0 Å². The van der Waals surface area contributed by atoms with Gasteiger partial charge in [-0.25, -0.2) is 0 Å². The molecule has 84 valence electrons. The van der Waals surface area contributed by atoms with Crippen molar-refractivity contribution >= 4 is 5.69 Å². The molecule has 0 fully saturated rings. The van der Waals surface area contributed by atoms with Gasteiger partial charge in [-0.05, 0) is 24.5 Å². The van der Waals surface area contributed by atoms with E-state index < -0.39 is 0 Å². The van der Waals surface area contributed by atoms with Gasteiger partial charge in [-0.15, -0.1) is 0 Å². The molecule has 0 saturated carbocycles. The third kappa shape index (κ3) is 3.92. The zero-order chi connectivity index (χ0) is 11.1. The van der Waals surface area contributed by atoms with Gasteiger partial charge in [0.15, 0.2) is 0 Å². The van der Waals surface area contributed by atoms with E-state index >= 15 is 0 Å². The van der Waals surface area contributed by atoms with Crippen LogP contribution in [-0.4, -0.2) is 19.8 Å². The summed E-state index contributed by atoms with van der Waals surface area (Å²) in [5.41, 5.74) is 2.60. The van der Waals surface area contributed by atoms with Crippen LogP contribution in [0.4, 0.5) is 5.69 Å². The summed E-state index contributed by atoms with van der Waals surface area (Å²) in [7, 11) is 0. The topological polar surface area (TPSA) is 21.3 Å². The van der Waals surface area contributed by atoms with Gasteiger partial charge in [0, 0.05) is 18.8 Å². The van der Waals surface area contributed by atoms with E-state index in [1.165, 1.54) is 11.3 Å². The highest BCUT2D eigenvalue weighted by molar-refractivity contribution is 5.52. The van der Waals surface area contributed by atoms with Crippen molar-refractivity contribution in [3.63, 3.8) is 0 Å². The number of hydrogen-bond donors (Lipinski definition) is 1. The van der Waals surface area contributed by atoms with Crippen LogP contribution in [0.25, 0.3) is 0 Å². The first-order valence-electron chi connectivity index (χ1n) is 5.66. The Balaban J connectivity index is 2.52. The molecule has 0 spiro atoms. The summed E-state index contributed by atoms with van der Waals surface area (Å²) in [5, 5.41) is 3.40. The van der Waals surface area contributed by atoms with Gasteiger partial charge >= 0.3 is 0 Å². The molecular weight excluding hydrogens is 186 g/mol. The quantitative estimate of drug-likeness (QED) is 0.723. The molecule has 0 heterocycles. The fraction of sp³-hybridized carbons (Fsp3) is 0.538. The highest BCUT2D eigenvalue weighted by Crippen LogP contribution is 2.23. The molecule has 1 rings (SSSR count).